The van der Waals surface area contributed by atoms with Crippen molar-refractivity contribution in [1.29, 1.82) is 0 Å². The van der Waals surface area contributed by atoms with Crippen LogP contribution in [0.5, 0.6) is 17.2 Å². The van der Waals surface area contributed by atoms with E-state index in [4.69, 9.17) is 41.8 Å². The second-order valence-electron chi connectivity index (χ2n) is 9.88. The van der Waals surface area contributed by atoms with E-state index in [1.54, 1.807) is 80.8 Å². The topological polar surface area (TPSA) is 131 Å². The molecular formula is C33H24Cl2N4O7. The van der Waals surface area contributed by atoms with Crippen molar-refractivity contribution < 1.29 is 23.6 Å². The molecule has 11 nitrogen and oxygen atoms in total. The summed E-state index contributed by atoms with van der Waals surface area (Å²) < 4.78 is 24.2. The third-order valence-electron chi connectivity index (χ3n) is 6.98. The SMILES string of the molecule is CCOc1cc(C=Nn2c(-c3cc4c(OC)cccc4o3)nc3ccccc3c2=O)cc([N+](=O)[O-])c1OCc1ccc(Cl)cc1Cl. The first kappa shape index (κ1) is 30.6. The van der Waals surface area contributed by atoms with Crippen molar-refractivity contribution in [2.75, 3.05) is 13.7 Å². The molecule has 232 valence electrons. The number of hydrogen-bond acceptors (Lipinski definition) is 9. The van der Waals surface area contributed by atoms with Crippen LogP contribution in [0.15, 0.2) is 93.2 Å². The number of aromatic nitrogens is 2. The van der Waals surface area contributed by atoms with Crippen molar-refractivity contribution >= 4 is 57.0 Å². The number of methoxy groups -OCH3 is 1. The highest BCUT2D eigenvalue weighted by atomic mass is 35.5. The van der Waals surface area contributed by atoms with Crippen LogP contribution in [-0.2, 0) is 6.61 Å². The molecule has 0 aliphatic carbocycles. The number of benzene rings is 4. The Morgan fingerprint density at radius 2 is 1.83 bits per heavy atom. The van der Waals surface area contributed by atoms with Crippen molar-refractivity contribution in [1.82, 2.24) is 9.66 Å². The lowest BCUT2D eigenvalue weighted by molar-refractivity contribution is -0.386. The Morgan fingerprint density at radius 3 is 2.59 bits per heavy atom. The molecule has 4 aromatic carbocycles. The molecule has 0 unspecified atom stereocenters. The molecular weight excluding hydrogens is 635 g/mol. The Kier molecular flexibility index (Phi) is 8.60. The molecule has 0 aliphatic heterocycles. The molecule has 6 aromatic rings. The Bertz CT molecular complexity index is 2210. The van der Waals surface area contributed by atoms with Gasteiger partial charge in [0.1, 0.15) is 17.9 Å². The van der Waals surface area contributed by atoms with E-state index in [0.29, 0.717) is 43.2 Å². The lowest BCUT2D eigenvalue weighted by atomic mass is 10.1. The molecule has 0 aliphatic rings. The summed E-state index contributed by atoms with van der Waals surface area (Å²) in [5.41, 5.74) is 0.976. The van der Waals surface area contributed by atoms with E-state index in [9.17, 15) is 14.9 Å². The lowest BCUT2D eigenvalue weighted by Gasteiger charge is -2.14. The van der Waals surface area contributed by atoms with Crippen LogP contribution in [0.25, 0.3) is 33.5 Å². The molecule has 0 bridgehead atoms. The molecule has 2 aromatic heterocycles. The summed E-state index contributed by atoms with van der Waals surface area (Å²) in [7, 11) is 1.55. The zero-order chi connectivity index (χ0) is 32.4. The molecule has 0 saturated carbocycles. The summed E-state index contributed by atoms with van der Waals surface area (Å²) in [5, 5.41) is 18.4. The van der Waals surface area contributed by atoms with Gasteiger partial charge in [-0.3, -0.25) is 14.9 Å². The first-order chi connectivity index (χ1) is 22.3. The molecule has 6 rings (SSSR count). The summed E-state index contributed by atoms with van der Waals surface area (Å²) >= 11 is 12.3. The van der Waals surface area contributed by atoms with Crippen LogP contribution in [0.1, 0.15) is 18.1 Å². The van der Waals surface area contributed by atoms with Gasteiger partial charge in [0, 0.05) is 27.2 Å². The largest absolute Gasteiger partial charge is 0.496 e. The highest BCUT2D eigenvalue weighted by Gasteiger charge is 2.24. The minimum atomic E-state index is -0.588. The Labute approximate surface area is 271 Å². The molecule has 0 radical (unpaired) electrons. The van der Waals surface area contributed by atoms with E-state index in [1.807, 2.05) is 0 Å². The number of para-hydroxylation sites is 1. The molecule has 2 heterocycles. The van der Waals surface area contributed by atoms with Crippen LogP contribution in [0.3, 0.4) is 0 Å². The zero-order valence-corrected chi connectivity index (χ0v) is 25.9. The molecule has 0 fully saturated rings. The normalized spacial score (nSPS) is 11.4. The average Bonchev–Trinajstić information content (AvgIpc) is 3.49. The third-order valence-corrected chi connectivity index (χ3v) is 7.57. The van der Waals surface area contributed by atoms with Gasteiger partial charge in [0.15, 0.2) is 11.5 Å². The van der Waals surface area contributed by atoms with E-state index in [-0.39, 0.29) is 47.5 Å². The average molecular weight is 659 g/mol. The second kappa shape index (κ2) is 12.9. The standard InChI is InChI=1S/C33H24Cl2N4O7/c1-3-44-29-14-19(13-26(39(41)42)31(29)45-18-20-11-12-21(34)15-24(20)35)17-36-38-32(37-25-8-5-4-7-22(25)33(38)40)30-16-23-27(43-2)9-6-10-28(23)46-30/h4-17H,3,18H2,1-2H3. The summed E-state index contributed by atoms with van der Waals surface area (Å²) in [6, 6.07) is 21.6. The molecule has 46 heavy (non-hydrogen) atoms. The zero-order valence-electron chi connectivity index (χ0n) is 24.4. The maximum atomic E-state index is 13.7. The quantitative estimate of drug-likeness (QED) is 0.0824. The molecule has 0 atom stereocenters. The number of fused-ring (bicyclic) bond motifs is 2. The molecule has 0 N–H and O–H groups in total. The van der Waals surface area contributed by atoms with Crippen LogP contribution in [0.2, 0.25) is 10.0 Å². The van der Waals surface area contributed by atoms with Gasteiger partial charge in [-0.25, -0.2) is 4.98 Å². The smallest absolute Gasteiger partial charge is 0.315 e. The number of nitro groups is 1. The van der Waals surface area contributed by atoms with Crippen LogP contribution in [0.4, 0.5) is 5.69 Å². The molecule has 13 heteroatoms. The maximum absolute atomic E-state index is 13.7. The van der Waals surface area contributed by atoms with Gasteiger partial charge >= 0.3 is 5.69 Å². The van der Waals surface area contributed by atoms with Gasteiger partial charge in [0.25, 0.3) is 5.56 Å². The van der Waals surface area contributed by atoms with E-state index >= 15 is 0 Å². The van der Waals surface area contributed by atoms with Gasteiger partial charge in [-0.05, 0) is 55.5 Å². The maximum Gasteiger partial charge on any atom is 0.315 e. The Balaban J connectivity index is 1.45. The van der Waals surface area contributed by atoms with Crippen molar-refractivity contribution in [3.8, 4) is 28.8 Å². The summed E-state index contributed by atoms with van der Waals surface area (Å²) in [6.45, 7) is 1.86. The second-order valence-corrected chi connectivity index (χ2v) is 10.7. The fourth-order valence-electron chi connectivity index (χ4n) is 4.85. The van der Waals surface area contributed by atoms with E-state index < -0.39 is 10.5 Å². The molecule has 0 saturated heterocycles. The fourth-order valence-corrected chi connectivity index (χ4v) is 5.31. The van der Waals surface area contributed by atoms with E-state index in [2.05, 4.69) is 10.1 Å². The summed E-state index contributed by atoms with van der Waals surface area (Å²) in [5.74, 6) is 0.998. The number of nitrogens with zero attached hydrogens (tertiary/aromatic N) is 4. The van der Waals surface area contributed by atoms with Crippen molar-refractivity contribution in [2.24, 2.45) is 5.10 Å². The van der Waals surface area contributed by atoms with Gasteiger partial charge in [-0.15, -0.1) is 0 Å². The third kappa shape index (κ3) is 5.97. The highest BCUT2D eigenvalue weighted by Crippen LogP contribution is 2.39. The van der Waals surface area contributed by atoms with Gasteiger partial charge in [-0.2, -0.15) is 9.78 Å². The fraction of sp³-hybridized carbons (Fsp3) is 0.121. The summed E-state index contributed by atoms with van der Waals surface area (Å²) in [6.07, 6.45) is 1.31. The minimum absolute atomic E-state index is 0.0752. The van der Waals surface area contributed by atoms with Gasteiger partial charge in [0.2, 0.25) is 11.6 Å². The van der Waals surface area contributed by atoms with E-state index in [0.717, 1.165) is 4.68 Å². The Hall–Kier alpha value is -5.39. The molecule has 0 amide bonds. The van der Waals surface area contributed by atoms with Crippen LogP contribution >= 0.6 is 23.2 Å². The van der Waals surface area contributed by atoms with E-state index in [1.165, 1.54) is 18.3 Å². The lowest BCUT2D eigenvalue weighted by Crippen LogP contribution is -2.20. The van der Waals surface area contributed by atoms with Crippen molar-refractivity contribution in [3.63, 3.8) is 0 Å². The predicted molar refractivity (Wildman–Crippen MR) is 176 cm³/mol. The van der Waals surface area contributed by atoms with Crippen LogP contribution in [0, 0.1) is 10.1 Å². The van der Waals surface area contributed by atoms with Gasteiger partial charge < -0.3 is 18.6 Å². The highest BCUT2D eigenvalue weighted by molar-refractivity contribution is 6.35. The van der Waals surface area contributed by atoms with Crippen LogP contribution < -0.4 is 19.8 Å². The first-order valence-corrected chi connectivity index (χ1v) is 14.7. The number of nitro benzene ring substituents is 1. The number of rotatable bonds is 10. The minimum Gasteiger partial charge on any atom is -0.496 e. The predicted octanol–water partition coefficient (Wildman–Crippen LogP) is 7.89. The van der Waals surface area contributed by atoms with Crippen molar-refractivity contribution in [3.05, 3.63) is 121 Å². The summed E-state index contributed by atoms with van der Waals surface area (Å²) in [4.78, 5) is 30.0. The van der Waals surface area contributed by atoms with Crippen LogP contribution in [-0.4, -0.2) is 34.5 Å². The number of furan rings is 1. The number of ether oxygens (including phenoxy) is 3. The van der Waals surface area contributed by atoms with Gasteiger partial charge in [0.05, 0.1) is 41.1 Å². The van der Waals surface area contributed by atoms with Gasteiger partial charge in [-0.1, -0.05) is 47.5 Å². The number of halogens is 2. The Morgan fingerprint density at radius 1 is 1.00 bits per heavy atom. The van der Waals surface area contributed by atoms with Crippen molar-refractivity contribution in [2.45, 2.75) is 13.5 Å². The molecule has 0 spiro atoms. The number of hydrogen-bond donors (Lipinski definition) is 0. The first-order valence-electron chi connectivity index (χ1n) is 13.9. The monoisotopic (exact) mass is 658 g/mol.